The van der Waals surface area contributed by atoms with E-state index in [2.05, 4.69) is 16.3 Å². The van der Waals surface area contributed by atoms with Crippen LogP contribution in [0.25, 0.3) is 0 Å². The van der Waals surface area contributed by atoms with Crippen LogP contribution in [0.1, 0.15) is 15.2 Å². The largest absolute Gasteiger partial charge is 0.393 e. The molecule has 1 amide bonds. The van der Waals surface area contributed by atoms with Gasteiger partial charge in [-0.25, -0.2) is 0 Å². The molecule has 0 atom stereocenters. The molecule has 1 aromatic carbocycles. The SMILES string of the molecule is Nc1ccc(C(=O)N2CCN(Cc3cccs3)CC2)cc1[N+](=O)[O-]. The molecular weight excluding hydrogens is 328 g/mol. The molecule has 24 heavy (non-hydrogen) atoms. The van der Waals surface area contributed by atoms with Crippen LogP contribution in [0.5, 0.6) is 0 Å². The minimum Gasteiger partial charge on any atom is -0.393 e. The number of benzene rings is 1. The number of rotatable bonds is 4. The lowest BCUT2D eigenvalue weighted by atomic mass is 10.1. The number of nitro groups is 1. The summed E-state index contributed by atoms with van der Waals surface area (Å²) in [5, 5.41) is 13.0. The van der Waals surface area contributed by atoms with E-state index in [1.807, 2.05) is 6.07 Å². The molecule has 0 saturated carbocycles. The van der Waals surface area contributed by atoms with Crippen LogP contribution in [0.4, 0.5) is 11.4 Å². The van der Waals surface area contributed by atoms with Crippen molar-refractivity contribution in [3.05, 3.63) is 56.3 Å². The molecule has 7 nitrogen and oxygen atoms in total. The topological polar surface area (TPSA) is 92.7 Å². The second-order valence-electron chi connectivity index (χ2n) is 5.68. The lowest BCUT2D eigenvalue weighted by molar-refractivity contribution is -0.383. The number of carbonyl (C=O) groups is 1. The molecule has 0 bridgehead atoms. The van der Waals surface area contributed by atoms with Crippen molar-refractivity contribution in [2.45, 2.75) is 6.54 Å². The molecule has 0 unspecified atom stereocenters. The number of hydrogen-bond acceptors (Lipinski definition) is 6. The molecule has 2 heterocycles. The van der Waals surface area contributed by atoms with Crippen molar-refractivity contribution in [2.75, 3.05) is 31.9 Å². The van der Waals surface area contributed by atoms with E-state index in [0.717, 1.165) is 19.6 Å². The van der Waals surface area contributed by atoms with Gasteiger partial charge in [0.05, 0.1) is 4.92 Å². The molecule has 1 aliphatic heterocycles. The van der Waals surface area contributed by atoms with Crippen molar-refractivity contribution in [1.82, 2.24) is 9.80 Å². The van der Waals surface area contributed by atoms with Crippen LogP contribution < -0.4 is 5.73 Å². The van der Waals surface area contributed by atoms with Gasteiger partial charge >= 0.3 is 0 Å². The summed E-state index contributed by atoms with van der Waals surface area (Å²) in [4.78, 5) is 28.3. The van der Waals surface area contributed by atoms with Crippen molar-refractivity contribution in [3.8, 4) is 0 Å². The van der Waals surface area contributed by atoms with Gasteiger partial charge in [-0.05, 0) is 23.6 Å². The fourth-order valence-corrected chi connectivity index (χ4v) is 3.50. The molecule has 126 valence electrons. The first-order valence-electron chi connectivity index (χ1n) is 7.62. The van der Waals surface area contributed by atoms with Gasteiger partial charge in [-0.1, -0.05) is 6.07 Å². The Labute approximate surface area is 143 Å². The quantitative estimate of drug-likeness (QED) is 0.520. The summed E-state index contributed by atoms with van der Waals surface area (Å²) in [6, 6.07) is 8.36. The molecule has 0 spiro atoms. The van der Waals surface area contributed by atoms with Gasteiger partial charge in [-0.2, -0.15) is 0 Å². The average Bonchev–Trinajstić information content (AvgIpc) is 3.08. The first kappa shape index (κ1) is 16.4. The van der Waals surface area contributed by atoms with Gasteiger partial charge in [-0.15, -0.1) is 11.3 Å². The molecule has 3 rings (SSSR count). The zero-order valence-electron chi connectivity index (χ0n) is 13.1. The van der Waals surface area contributed by atoms with Crippen LogP contribution >= 0.6 is 11.3 Å². The number of thiophene rings is 1. The maximum atomic E-state index is 12.6. The Morgan fingerprint density at radius 1 is 1.25 bits per heavy atom. The van der Waals surface area contributed by atoms with Gasteiger partial charge in [0.25, 0.3) is 11.6 Å². The summed E-state index contributed by atoms with van der Waals surface area (Å²) in [5.74, 6) is -0.186. The molecular formula is C16H18N4O3S. The van der Waals surface area contributed by atoms with E-state index >= 15 is 0 Å². The van der Waals surface area contributed by atoms with Crippen molar-refractivity contribution in [2.24, 2.45) is 0 Å². The van der Waals surface area contributed by atoms with Crippen molar-refractivity contribution in [3.63, 3.8) is 0 Å². The van der Waals surface area contributed by atoms with Gasteiger partial charge in [0.15, 0.2) is 0 Å². The van der Waals surface area contributed by atoms with E-state index in [0.29, 0.717) is 18.7 Å². The number of hydrogen-bond donors (Lipinski definition) is 1. The van der Waals surface area contributed by atoms with Crippen LogP contribution in [0, 0.1) is 10.1 Å². The summed E-state index contributed by atoms with van der Waals surface area (Å²) in [5.41, 5.74) is 5.73. The summed E-state index contributed by atoms with van der Waals surface area (Å²) in [6.07, 6.45) is 0. The van der Waals surface area contributed by atoms with Gasteiger partial charge in [0.2, 0.25) is 0 Å². The van der Waals surface area contributed by atoms with Crippen LogP contribution in [0.3, 0.4) is 0 Å². The first-order chi connectivity index (χ1) is 11.5. The van der Waals surface area contributed by atoms with E-state index < -0.39 is 4.92 Å². The minimum atomic E-state index is -0.564. The van der Waals surface area contributed by atoms with Crippen LogP contribution in [0.2, 0.25) is 0 Å². The van der Waals surface area contributed by atoms with Gasteiger partial charge in [0.1, 0.15) is 5.69 Å². The third kappa shape index (κ3) is 3.55. The maximum Gasteiger partial charge on any atom is 0.292 e. The van der Waals surface area contributed by atoms with Gasteiger partial charge in [-0.3, -0.25) is 19.8 Å². The zero-order valence-corrected chi connectivity index (χ0v) is 13.9. The van der Waals surface area contributed by atoms with Gasteiger partial charge < -0.3 is 10.6 Å². The molecule has 1 aromatic heterocycles. The van der Waals surface area contributed by atoms with Gasteiger partial charge in [0, 0.05) is 49.2 Å². The van der Waals surface area contributed by atoms with Crippen LogP contribution in [-0.4, -0.2) is 46.8 Å². The Kier molecular flexibility index (Phi) is 4.77. The Bertz CT molecular complexity index is 740. The van der Waals surface area contributed by atoms with E-state index in [9.17, 15) is 14.9 Å². The molecule has 8 heteroatoms. The summed E-state index contributed by atoms with van der Waals surface area (Å²) in [7, 11) is 0. The molecule has 2 N–H and O–H groups in total. The highest BCUT2D eigenvalue weighted by Gasteiger charge is 2.24. The third-order valence-electron chi connectivity index (χ3n) is 4.09. The number of nitrogens with two attached hydrogens (primary N) is 1. The minimum absolute atomic E-state index is 0.0670. The number of nitrogens with zero attached hydrogens (tertiary/aromatic N) is 3. The fraction of sp³-hybridized carbons (Fsp3) is 0.312. The smallest absolute Gasteiger partial charge is 0.292 e. The molecule has 1 aliphatic rings. The predicted molar refractivity (Wildman–Crippen MR) is 93.0 cm³/mol. The lowest BCUT2D eigenvalue weighted by Gasteiger charge is -2.34. The number of amides is 1. The second-order valence-corrected chi connectivity index (χ2v) is 6.71. The van der Waals surface area contributed by atoms with E-state index in [4.69, 9.17) is 5.73 Å². The standard InChI is InChI=1S/C16H18N4O3S/c17-14-4-3-12(10-15(14)20(22)23)16(21)19-7-5-18(6-8-19)11-13-2-1-9-24-13/h1-4,9-10H,5-8,11,17H2. The number of anilines is 1. The molecule has 0 radical (unpaired) electrons. The highest BCUT2D eigenvalue weighted by atomic mass is 32.1. The fourth-order valence-electron chi connectivity index (χ4n) is 2.75. The normalized spacial score (nSPS) is 15.4. The molecule has 0 aliphatic carbocycles. The average molecular weight is 346 g/mol. The van der Waals surface area contributed by atoms with Crippen molar-refractivity contribution < 1.29 is 9.72 Å². The molecule has 1 saturated heterocycles. The van der Waals surface area contributed by atoms with Crippen molar-refractivity contribution >= 4 is 28.6 Å². The summed E-state index contributed by atoms with van der Waals surface area (Å²) in [6.45, 7) is 3.71. The Hall–Kier alpha value is -2.45. The first-order valence-corrected chi connectivity index (χ1v) is 8.50. The molecule has 2 aromatic rings. The van der Waals surface area contributed by atoms with E-state index in [1.54, 1.807) is 22.3 Å². The highest BCUT2D eigenvalue weighted by molar-refractivity contribution is 7.09. The predicted octanol–water partition coefficient (Wildman–Crippen LogP) is 2.20. The van der Waals surface area contributed by atoms with Crippen LogP contribution in [-0.2, 0) is 6.54 Å². The maximum absolute atomic E-state index is 12.6. The monoisotopic (exact) mass is 346 g/mol. The Balaban J connectivity index is 1.63. The number of piperazine rings is 1. The number of carbonyl (C=O) groups excluding carboxylic acids is 1. The highest BCUT2D eigenvalue weighted by Crippen LogP contribution is 2.23. The lowest BCUT2D eigenvalue weighted by Crippen LogP contribution is -2.48. The Morgan fingerprint density at radius 2 is 2.00 bits per heavy atom. The second kappa shape index (κ2) is 6.98. The van der Waals surface area contributed by atoms with Crippen molar-refractivity contribution in [1.29, 1.82) is 0 Å². The zero-order chi connectivity index (χ0) is 17.1. The number of nitrogen functional groups attached to an aromatic ring is 1. The third-order valence-corrected chi connectivity index (χ3v) is 4.95. The van der Waals surface area contributed by atoms with Crippen LogP contribution in [0.15, 0.2) is 35.7 Å². The summed E-state index contributed by atoms with van der Waals surface area (Å²) < 4.78 is 0. The van der Waals surface area contributed by atoms with E-state index in [-0.39, 0.29) is 17.3 Å². The summed E-state index contributed by atoms with van der Waals surface area (Å²) >= 11 is 1.73. The number of nitro benzene ring substituents is 1. The Morgan fingerprint density at radius 3 is 2.62 bits per heavy atom. The van der Waals surface area contributed by atoms with E-state index in [1.165, 1.54) is 17.0 Å². The molecule has 1 fully saturated rings.